The second kappa shape index (κ2) is 16.6. The van der Waals surface area contributed by atoms with Crippen molar-refractivity contribution in [3.05, 3.63) is 66.0 Å². The normalized spacial score (nSPS) is 30.6. The molecule has 1 amide bonds. The van der Waals surface area contributed by atoms with Gasteiger partial charge in [-0.1, -0.05) is 51.1 Å². The van der Waals surface area contributed by atoms with Crippen molar-refractivity contribution in [2.45, 2.75) is 109 Å². The molecule has 10 heteroatoms. The number of allylic oxidation sites excluding steroid dienone is 3. The summed E-state index contributed by atoms with van der Waals surface area (Å²) in [5, 5.41) is 10.6. The number of ether oxygens (including phenoxy) is 2. The number of carbonyl (C=O) groups is 2. The maximum absolute atomic E-state index is 13.6. The van der Waals surface area contributed by atoms with Crippen molar-refractivity contribution in [1.82, 2.24) is 14.8 Å². The van der Waals surface area contributed by atoms with Gasteiger partial charge in [-0.25, -0.2) is 13.6 Å². The molecule has 8 nitrogen and oxygen atoms in total. The van der Waals surface area contributed by atoms with Crippen LogP contribution in [0.2, 0.25) is 0 Å². The molecule has 46 heavy (non-hydrogen) atoms. The fourth-order valence-corrected chi connectivity index (χ4v) is 6.50. The number of rotatable bonds is 6. The van der Waals surface area contributed by atoms with Gasteiger partial charge in [0, 0.05) is 69.3 Å². The van der Waals surface area contributed by atoms with Gasteiger partial charge in [0.1, 0.15) is 12.2 Å². The van der Waals surface area contributed by atoms with E-state index in [0.29, 0.717) is 39.0 Å². The Hall–Kier alpha value is -3.11. The van der Waals surface area contributed by atoms with Crippen LogP contribution in [0.4, 0.5) is 13.6 Å². The van der Waals surface area contributed by atoms with Crippen molar-refractivity contribution in [3.63, 3.8) is 0 Å². The largest absolute Gasteiger partial charge is 0.457 e. The van der Waals surface area contributed by atoms with Crippen molar-refractivity contribution in [2.75, 3.05) is 26.2 Å². The minimum atomic E-state index is -2.57. The van der Waals surface area contributed by atoms with E-state index in [1.807, 2.05) is 63.4 Å². The van der Waals surface area contributed by atoms with Crippen molar-refractivity contribution in [1.29, 1.82) is 0 Å². The van der Waals surface area contributed by atoms with Crippen molar-refractivity contribution < 1.29 is 33.0 Å². The first-order chi connectivity index (χ1) is 21.9. The number of hydrogen-bond donors (Lipinski definition) is 1. The summed E-state index contributed by atoms with van der Waals surface area (Å²) in [6.45, 7) is 9.77. The van der Waals surface area contributed by atoms with Crippen LogP contribution in [-0.4, -0.2) is 88.4 Å². The van der Waals surface area contributed by atoms with Gasteiger partial charge in [0.05, 0.1) is 12.5 Å². The van der Waals surface area contributed by atoms with E-state index in [9.17, 15) is 23.5 Å². The molecule has 3 aliphatic heterocycles. The van der Waals surface area contributed by atoms with Crippen molar-refractivity contribution in [3.8, 4) is 0 Å². The number of likely N-dealkylation sites (tertiary alicyclic amines) is 2. The number of hydrogen-bond acceptors (Lipinski definition) is 7. The molecule has 0 aliphatic carbocycles. The zero-order valence-electron chi connectivity index (χ0n) is 27.7. The standard InChI is InChI=1S/C36H51F2N3O5/c1-25(29-9-6-18-39-24-29)7-5-8-27(3)34-28(4)11-13-32(26(2)10-12-31(42)23-33(43)46-34)45-35(44)41-19-14-30(15-20-41)40-21-16-36(37,38)17-22-40/h5-9,11,13,18,24-26,28,30-32,34,42H,10,12,14-17,19-23H2,1-4H3/b7-5+,13-11+,27-8+/t25?,26-,28-,31+,32-,34+/m0/s1. The molecule has 6 atom stereocenters. The Morgan fingerprint density at radius 3 is 2.52 bits per heavy atom. The third-order valence-electron chi connectivity index (χ3n) is 9.68. The van der Waals surface area contributed by atoms with Crippen LogP contribution in [0.1, 0.15) is 84.1 Å². The lowest BCUT2D eigenvalue weighted by atomic mass is 9.92. The summed E-state index contributed by atoms with van der Waals surface area (Å²) in [6.07, 6.45) is 13.1. The van der Waals surface area contributed by atoms with Gasteiger partial charge in [-0.05, 0) is 61.8 Å². The van der Waals surface area contributed by atoms with Gasteiger partial charge in [-0.3, -0.25) is 14.7 Å². The van der Waals surface area contributed by atoms with Crippen molar-refractivity contribution >= 4 is 12.1 Å². The first-order valence-corrected chi connectivity index (χ1v) is 16.8. The van der Waals surface area contributed by atoms with Crippen LogP contribution in [0.3, 0.4) is 0 Å². The first kappa shape index (κ1) is 35.7. The van der Waals surface area contributed by atoms with Gasteiger partial charge >= 0.3 is 12.1 Å². The predicted molar refractivity (Wildman–Crippen MR) is 173 cm³/mol. The topological polar surface area (TPSA) is 92.2 Å². The number of halogens is 2. The van der Waals surface area contributed by atoms with E-state index in [2.05, 4.69) is 22.9 Å². The smallest absolute Gasteiger partial charge is 0.410 e. The van der Waals surface area contributed by atoms with Crippen LogP contribution < -0.4 is 0 Å². The summed E-state index contributed by atoms with van der Waals surface area (Å²) in [4.78, 5) is 34.1. The molecule has 3 aliphatic rings. The summed E-state index contributed by atoms with van der Waals surface area (Å²) in [6, 6.07) is 4.14. The lowest BCUT2D eigenvalue weighted by Gasteiger charge is -2.41. The number of aliphatic hydroxyl groups is 1. The highest BCUT2D eigenvalue weighted by Gasteiger charge is 2.38. The van der Waals surface area contributed by atoms with Gasteiger partial charge in [-0.15, -0.1) is 0 Å². The lowest BCUT2D eigenvalue weighted by molar-refractivity contribution is -0.151. The number of cyclic esters (lactones) is 1. The zero-order valence-corrected chi connectivity index (χ0v) is 27.7. The number of aliphatic hydroxyl groups excluding tert-OH is 1. The Morgan fingerprint density at radius 1 is 1.13 bits per heavy atom. The fraction of sp³-hybridized carbons (Fsp3) is 0.639. The monoisotopic (exact) mass is 643 g/mol. The zero-order chi connectivity index (χ0) is 33.3. The predicted octanol–water partition coefficient (Wildman–Crippen LogP) is 6.67. The Kier molecular flexibility index (Phi) is 12.9. The van der Waals surface area contributed by atoms with Crippen LogP contribution in [0.5, 0.6) is 0 Å². The van der Waals surface area contributed by atoms with Crippen LogP contribution >= 0.6 is 0 Å². The van der Waals surface area contributed by atoms with Gasteiger partial charge in [0.2, 0.25) is 0 Å². The van der Waals surface area contributed by atoms with Crippen LogP contribution in [0.25, 0.3) is 0 Å². The first-order valence-electron chi connectivity index (χ1n) is 16.8. The molecule has 0 spiro atoms. The third kappa shape index (κ3) is 10.5. The molecule has 4 rings (SSSR count). The van der Waals surface area contributed by atoms with E-state index >= 15 is 0 Å². The summed E-state index contributed by atoms with van der Waals surface area (Å²) < 4.78 is 39.2. The average molecular weight is 644 g/mol. The molecule has 2 fully saturated rings. The number of piperidine rings is 2. The molecule has 0 bridgehead atoms. The second-order valence-electron chi connectivity index (χ2n) is 13.4. The number of aromatic nitrogens is 1. The maximum atomic E-state index is 13.6. The highest BCUT2D eigenvalue weighted by atomic mass is 19.3. The number of carbonyl (C=O) groups excluding carboxylic acids is 2. The number of pyridine rings is 1. The van der Waals surface area contributed by atoms with Crippen LogP contribution in [0, 0.1) is 11.8 Å². The Balaban J connectivity index is 1.41. The Labute approximate surface area is 272 Å². The van der Waals surface area contributed by atoms with Gasteiger partial charge in [0.25, 0.3) is 5.92 Å². The number of nitrogens with zero attached hydrogens (tertiary/aromatic N) is 3. The molecule has 1 N–H and O–H groups in total. The van der Waals surface area contributed by atoms with Gasteiger partial charge < -0.3 is 19.5 Å². The van der Waals surface area contributed by atoms with Gasteiger partial charge in [0.15, 0.2) is 0 Å². The molecule has 254 valence electrons. The number of amides is 1. The molecule has 0 radical (unpaired) electrons. The van der Waals surface area contributed by atoms with Crippen molar-refractivity contribution in [2.24, 2.45) is 11.8 Å². The SMILES string of the molecule is C/C(=C\C=C\C(C)c1cccnc1)[C@H]1OC(=O)C[C@H](O)CC[C@H](C)[C@@H](OC(=O)N2CCC(N3CCC(F)(F)CC3)CC2)/C=C/[C@@H]1C. The van der Waals surface area contributed by atoms with Crippen LogP contribution in [-0.2, 0) is 14.3 Å². The van der Waals surface area contributed by atoms with Crippen LogP contribution in [0.15, 0.2) is 60.5 Å². The highest BCUT2D eigenvalue weighted by Crippen LogP contribution is 2.31. The van der Waals surface area contributed by atoms with E-state index in [1.165, 1.54) is 0 Å². The highest BCUT2D eigenvalue weighted by molar-refractivity contribution is 5.70. The number of alkyl halides is 2. The van der Waals surface area contributed by atoms with Gasteiger partial charge in [-0.2, -0.15) is 0 Å². The Morgan fingerprint density at radius 2 is 1.85 bits per heavy atom. The minimum absolute atomic E-state index is 0.0861. The lowest BCUT2D eigenvalue weighted by Crippen LogP contribution is -2.51. The summed E-state index contributed by atoms with van der Waals surface area (Å²) >= 11 is 0. The fourth-order valence-electron chi connectivity index (χ4n) is 6.50. The van der Waals surface area contributed by atoms with E-state index in [0.717, 1.165) is 24.0 Å². The number of esters is 1. The summed E-state index contributed by atoms with van der Waals surface area (Å²) in [7, 11) is 0. The third-order valence-corrected chi connectivity index (χ3v) is 9.68. The van der Waals surface area contributed by atoms with E-state index < -0.39 is 36.3 Å². The van der Waals surface area contributed by atoms with E-state index in [-0.39, 0.29) is 43.1 Å². The molecule has 1 aromatic rings. The summed E-state index contributed by atoms with van der Waals surface area (Å²) in [5.74, 6) is -3.17. The molecular weight excluding hydrogens is 592 g/mol. The molecule has 1 unspecified atom stereocenters. The quantitative estimate of drug-likeness (QED) is 0.210. The molecule has 2 saturated heterocycles. The second-order valence-corrected chi connectivity index (χ2v) is 13.4. The maximum Gasteiger partial charge on any atom is 0.410 e. The molecule has 0 aromatic carbocycles. The molecular formula is C36H51F2N3O5. The minimum Gasteiger partial charge on any atom is -0.457 e. The Bertz CT molecular complexity index is 1220. The molecule has 1 aromatic heterocycles. The average Bonchev–Trinajstić information content (AvgIpc) is 3.04. The molecule has 0 saturated carbocycles. The van der Waals surface area contributed by atoms with E-state index in [1.54, 1.807) is 11.1 Å². The summed E-state index contributed by atoms with van der Waals surface area (Å²) in [5.41, 5.74) is 1.95. The van der Waals surface area contributed by atoms with E-state index in [4.69, 9.17) is 9.47 Å². The molecule has 4 heterocycles.